The lowest BCUT2D eigenvalue weighted by Gasteiger charge is -2.08. The van der Waals surface area contributed by atoms with Crippen LogP contribution in [0.4, 0.5) is 0 Å². The summed E-state index contributed by atoms with van der Waals surface area (Å²) < 4.78 is 12.6. The minimum Gasteiger partial charge on any atom is -0.496 e. The van der Waals surface area contributed by atoms with Gasteiger partial charge >= 0.3 is 0 Å². The zero-order valence-corrected chi connectivity index (χ0v) is 17.1. The molecule has 0 aliphatic rings. The largest absolute Gasteiger partial charge is 0.496 e. The molecule has 0 spiro atoms. The van der Waals surface area contributed by atoms with Crippen LogP contribution < -0.4 is 10.3 Å². The fourth-order valence-electron chi connectivity index (χ4n) is 3.59. The minimum absolute atomic E-state index is 0.262. The Labute approximate surface area is 178 Å². The Kier molecular flexibility index (Phi) is 4.59. The summed E-state index contributed by atoms with van der Waals surface area (Å²) in [6.45, 7) is 1.96. The van der Waals surface area contributed by atoms with Crippen molar-refractivity contribution < 1.29 is 9.15 Å². The highest BCUT2D eigenvalue weighted by atomic mass is 16.5. The van der Waals surface area contributed by atoms with Crippen LogP contribution in [0.25, 0.3) is 33.5 Å². The number of ether oxygens (including phenoxy) is 1. The van der Waals surface area contributed by atoms with Crippen LogP contribution in [0.15, 0.2) is 87.1 Å². The van der Waals surface area contributed by atoms with Gasteiger partial charge in [0.25, 0.3) is 5.56 Å². The minimum atomic E-state index is -0.262. The molecule has 0 saturated carbocycles. The number of hydrogen-bond acceptors (Lipinski definition) is 5. The van der Waals surface area contributed by atoms with Crippen molar-refractivity contribution in [1.29, 1.82) is 0 Å². The van der Waals surface area contributed by atoms with E-state index in [0.29, 0.717) is 22.5 Å². The average molecular weight is 409 g/mol. The van der Waals surface area contributed by atoms with E-state index in [4.69, 9.17) is 14.1 Å². The van der Waals surface area contributed by atoms with E-state index < -0.39 is 0 Å². The molecule has 0 atom stereocenters. The molecule has 0 amide bonds. The van der Waals surface area contributed by atoms with Crippen molar-refractivity contribution in [2.75, 3.05) is 7.11 Å². The first-order valence-electron chi connectivity index (χ1n) is 9.84. The second-order valence-electron chi connectivity index (χ2n) is 7.19. The molecule has 0 saturated heterocycles. The van der Waals surface area contributed by atoms with Gasteiger partial charge in [-0.15, -0.1) is 0 Å². The van der Waals surface area contributed by atoms with E-state index in [9.17, 15) is 4.79 Å². The lowest BCUT2D eigenvalue weighted by Crippen LogP contribution is -2.20. The summed E-state index contributed by atoms with van der Waals surface area (Å²) in [4.78, 5) is 18.0. The number of methoxy groups -OCH3 is 1. The molecule has 0 N–H and O–H groups in total. The van der Waals surface area contributed by atoms with Crippen molar-refractivity contribution in [3.05, 3.63) is 94.3 Å². The Morgan fingerprint density at radius 3 is 2.65 bits per heavy atom. The van der Waals surface area contributed by atoms with Gasteiger partial charge in [0, 0.05) is 5.39 Å². The number of nitrogens with zero attached hydrogens (tertiary/aromatic N) is 3. The molecule has 0 radical (unpaired) electrons. The van der Waals surface area contributed by atoms with Gasteiger partial charge in [-0.05, 0) is 60.5 Å². The summed E-state index contributed by atoms with van der Waals surface area (Å²) in [5.74, 6) is 1.62. The molecule has 6 nitrogen and oxygen atoms in total. The monoisotopic (exact) mass is 409 g/mol. The van der Waals surface area contributed by atoms with Gasteiger partial charge in [0.1, 0.15) is 11.3 Å². The SMILES string of the molecule is COc1ccc(C=Nn2c(-c3cc4ccccc4o3)nc3ccccc3c2=O)cc1C. The summed E-state index contributed by atoms with van der Waals surface area (Å²) in [5, 5.41) is 5.91. The van der Waals surface area contributed by atoms with E-state index in [0.717, 1.165) is 27.8 Å². The number of para-hydroxylation sites is 2. The fourth-order valence-corrected chi connectivity index (χ4v) is 3.59. The quantitative estimate of drug-likeness (QED) is 0.391. The van der Waals surface area contributed by atoms with Crippen LogP contribution in [0.2, 0.25) is 0 Å². The highest BCUT2D eigenvalue weighted by Gasteiger charge is 2.16. The molecule has 3 aromatic carbocycles. The molecule has 5 aromatic rings. The van der Waals surface area contributed by atoms with Gasteiger partial charge in [0.2, 0.25) is 5.82 Å². The third-order valence-corrected chi connectivity index (χ3v) is 5.14. The average Bonchev–Trinajstić information content (AvgIpc) is 3.22. The predicted molar refractivity (Wildman–Crippen MR) is 122 cm³/mol. The molecule has 5 rings (SSSR count). The van der Waals surface area contributed by atoms with Crippen LogP contribution in [0.1, 0.15) is 11.1 Å². The Balaban J connectivity index is 1.70. The molecule has 0 aliphatic carbocycles. The molecule has 0 unspecified atom stereocenters. The Morgan fingerprint density at radius 1 is 1.03 bits per heavy atom. The molecule has 152 valence electrons. The van der Waals surface area contributed by atoms with Crippen LogP contribution >= 0.6 is 0 Å². The smallest absolute Gasteiger partial charge is 0.282 e. The molecule has 6 heteroatoms. The topological polar surface area (TPSA) is 69.6 Å². The highest BCUT2D eigenvalue weighted by molar-refractivity contribution is 5.85. The van der Waals surface area contributed by atoms with E-state index >= 15 is 0 Å². The molecule has 31 heavy (non-hydrogen) atoms. The highest BCUT2D eigenvalue weighted by Crippen LogP contribution is 2.27. The van der Waals surface area contributed by atoms with Crippen molar-refractivity contribution in [3.63, 3.8) is 0 Å². The van der Waals surface area contributed by atoms with Gasteiger partial charge in [0.15, 0.2) is 5.76 Å². The Bertz CT molecular complexity index is 1480. The molecule has 2 heterocycles. The van der Waals surface area contributed by atoms with Gasteiger partial charge in [-0.25, -0.2) is 4.98 Å². The maximum Gasteiger partial charge on any atom is 0.282 e. The second-order valence-corrected chi connectivity index (χ2v) is 7.19. The molecule has 0 fully saturated rings. The Hall–Kier alpha value is -4.19. The zero-order valence-electron chi connectivity index (χ0n) is 17.1. The molecular weight excluding hydrogens is 390 g/mol. The van der Waals surface area contributed by atoms with Crippen LogP contribution in [0.3, 0.4) is 0 Å². The maximum absolute atomic E-state index is 13.3. The van der Waals surface area contributed by atoms with E-state index in [1.54, 1.807) is 19.4 Å². The number of fused-ring (bicyclic) bond motifs is 2. The van der Waals surface area contributed by atoms with E-state index in [2.05, 4.69) is 5.10 Å². The van der Waals surface area contributed by atoms with Gasteiger partial charge in [-0.1, -0.05) is 30.3 Å². The van der Waals surface area contributed by atoms with E-state index in [1.807, 2.05) is 73.7 Å². The molecule has 0 aliphatic heterocycles. The van der Waals surface area contributed by atoms with E-state index in [1.165, 1.54) is 4.68 Å². The van der Waals surface area contributed by atoms with Crippen molar-refractivity contribution >= 4 is 28.1 Å². The number of furan rings is 1. The number of rotatable bonds is 4. The van der Waals surface area contributed by atoms with Crippen molar-refractivity contribution in [3.8, 4) is 17.3 Å². The summed E-state index contributed by atoms with van der Waals surface area (Å²) in [7, 11) is 1.63. The van der Waals surface area contributed by atoms with Gasteiger partial charge in [0.05, 0.1) is 24.2 Å². The Morgan fingerprint density at radius 2 is 1.84 bits per heavy atom. The first-order chi connectivity index (χ1) is 15.1. The first-order valence-corrected chi connectivity index (χ1v) is 9.84. The number of hydrogen-bond donors (Lipinski definition) is 0. The van der Waals surface area contributed by atoms with Gasteiger partial charge in [-0.3, -0.25) is 4.79 Å². The first kappa shape index (κ1) is 18.8. The van der Waals surface area contributed by atoms with Crippen LogP contribution in [0, 0.1) is 6.92 Å². The zero-order chi connectivity index (χ0) is 21.4. The fraction of sp³-hybridized carbons (Fsp3) is 0.0800. The van der Waals surface area contributed by atoms with Crippen molar-refractivity contribution in [2.24, 2.45) is 5.10 Å². The maximum atomic E-state index is 13.3. The van der Waals surface area contributed by atoms with Crippen molar-refractivity contribution in [1.82, 2.24) is 9.66 Å². The summed E-state index contributed by atoms with van der Waals surface area (Å²) in [6, 6.07) is 22.5. The van der Waals surface area contributed by atoms with Gasteiger partial charge < -0.3 is 9.15 Å². The van der Waals surface area contributed by atoms with E-state index in [-0.39, 0.29) is 5.56 Å². The summed E-state index contributed by atoms with van der Waals surface area (Å²) in [5.41, 5.74) is 2.88. The normalized spacial score (nSPS) is 11.5. The predicted octanol–water partition coefficient (Wildman–Crippen LogP) is 5.01. The second kappa shape index (κ2) is 7.57. The van der Waals surface area contributed by atoms with Crippen LogP contribution in [-0.2, 0) is 0 Å². The number of benzene rings is 3. The van der Waals surface area contributed by atoms with Crippen LogP contribution in [-0.4, -0.2) is 23.0 Å². The van der Waals surface area contributed by atoms with Crippen molar-refractivity contribution in [2.45, 2.75) is 6.92 Å². The molecular formula is C25H19N3O3. The molecule has 0 bridgehead atoms. The van der Waals surface area contributed by atoms with Gasteiger partial charge in [-0.2, -0.15) is 9.78 Å². The third-order valence-electron chi connectivity index (χ3n) is 5.14. The number of aryl methyl sites for hydroxylation is 1. The number of aromatic nitrogens is 2. The summed E-state index contributed by atoms with van der Waals surface area (Å²) in [6.07, 6.45) is 1.64. The lowest BCUT2D eigenvalue weighted by atomic mass is 10.1. The van der Waals surface area contributed by atoms with Crippen LogP contribution in [0.5, 0.6) is 5.75 Å². The summed E-state index contributed by atoms with van der Waals surface area (Å²) >= 11 is 0. The molecule has 2 aromatic heterocycles. The third kappa shape index (κ3) is 3.38. The standard InChI is InChI=1S/C25H19N3O3/c1-16-13-17(11-12-21(16)30-2)15-26-28-24(23-14-18-7-3-6-10-22(18)31-23)27-20-9-5-4-8-19(20)25(28)29/h3-15H,1-2H3. The lowest BCUT2D eigenvalue weighted by molar-refractivity contribution is 0.411.